The van der Waals surface area contributed by atoms with Crippen LogP contribution in [0.4, 0.5) is 0 Å². The first-order chi connectivity index (χ1) is 26.8. The average Bonchev–Trinajstić information content (AvgIpc) is 3.22. The molecule has 0 saturated carbocycles. The van der Waals surface area contributed by atoms with Gasteiger partial charge in [-0.3, -0.25) is 15.0 Å². The van der Waals surface area contributed by atoms with E-state index >= 15 is 0 Å². The lowest BCUT2D eigenvalue weighted by Gasteiger charge is -2.39. The number of hydrogen-bond acceptors (Lipinski definition) is 9. The van der Waals surface area contributed by atoms with E-state index in [1.54, 1.807) is 37.6 Å². The van der Waals surface area contributed by atoms with Gasteiger partial charge in [0.25, 0.3) is 0 Å². The van der Waals surface area contributed by atoms with Crippen molar-refractivity contribution in [2.75, 3.05) is 0 Å². The Balaban J connectivity index is 1.31. The summed E-state index contributed by atoms with van der Waals surface area (Å²) in [7, 11) is -7.37. The molecule has 9 nitrogen and oxygen atoms in total. The van der Waals surface area contributed by atoms with Crippen LogP contribution in [0.15, 0.2) is 184 Å². The van der Waals surface area contributed by atoms with E-state index in [2.05, 4.69) is 15.0 Å². The molecule has 4 aromatic carbocycles. The molecular formula is C44H39N3O6S2. The predicted molar refractivity (Wildman–Crippen MR) is 212 cm³/mol. The summed E-state index contributed by atoms with van der Waals surface area (Å²) in [5.41, 5.74) is 3.88. The van der Waals surface area contributed by atoms with Crippen LogP contribution in [0, 0.1) is 13.8 Å². The Hall–Kier alpha value is -6.01. The van der Waals surface area contributed by atoms with Crippen molar-refractivity contribution in [3.05, 3.63) is 192 Å². The standard InChI is InChI=1S/C44H39N3O6S2/c1-33-12-25-44(34(2)29-33)55(48,49)53-54(41-19-13-38(14-20-41)50-30-35-9-3-6-26-45-35,42-21-15-39(16-22-42)51-31-36-10-4-7-27-46-36)43-23-17-40(18-24-43)52-32-37-11-5-8-28-47-37/h3-29H,30-32H2,1-2H3. The highest BCUT2D eigenvalue weighted by molar-refractivity contribution is 8.33. The van der Waals surface area contributed by atoms with Crippen LogP contribution < -0.4 is 14.2 Å². The van der Waals surface area contributed by atoms with Crippen molar-refractivity contribution in [3.63, 3.8) is 0 Å². The highest BCUT2D eigenvalue weighted by Crippen LogP contribution is 2.70. The number of benzene rings is 4. The number of pyridine rings is 3. The Bertz CT molecular complexity index is 2210. The Morgan fingerprint density at radius 2 is 0.855 bits per heavy atom. The first-order valence-corrected chi connectivity index (χ1v) is 20.5. The third kappa shape index (κ3) is 9.04. The van der Waals surface area contributed by atoms with E-state index in [1.165, 1.54) is 0 Å². The molecule has 0 bridgehead atoms. The zero-order valence-corrected chi connectivity index (χ0v) is 32.0. The molecule has 3 heterocycles. The van der Waals surface area contributed by atoms with Crippen molar-refractivity contribution in [3.8, 4) is 17.2 Å². The second kappa shape index (κ2) is 17.0. The summed E-state index contributed by atoms with van der Waals surface area (Å²) < 4.78 is 54.1. The summed E-state index contributed by atoms with van der Waals surface area (Å²) in [6, 6.07) is 44.2. The molecule has 0 unspecified atom stereocenters. The Kier molecular flexibility index (Phi) is 11.5. The van der Waals surface area contributed by atoms with Crippen LogP contribution in [0.25, 0.3) is 0 Å². The fourth-order valence-electron chi connectivity index (χ4n) is 5.88. The van der Waals surface area contributed by atoms with E-state index in [-0.39, 0.29) is 24.7 Å². The topological polar surface area (TPSA) is 110 Å². The van der Waals surface area contributed by atoms with Gasteiger partial charge in [0.05, 0.1) is 22.0 Å². The monoisotopic (exact) mass is 769 g/mol. The summed E-state index contributed by atoms with van der Waals surface area (Å²) in [6.07, 6.45) is 5.16. The highest BCUT2D eigenvalue weighted by atomic mass is 32.3. The molecule has 7 aromatic rings. The molecule has 11 heteroatoms. The van der Waals surface area contributed by atoms with E-state index in [4.69, 9.17) is 17.8 Å². The van der Waals surface area contributed by atoms with Crippen LogP contribution in [-0.4, -0.2) is 23.4 Å². The second-order valence-electron chi connectivity index (χ2n) is 12.6. The summed E-state index contributed by atoms with van der Waals surface area (Å²) in [6.45, 7) is 4.52. The van der Waals surface area contributed by atoms with Gasteiger partial charge in [0, 0.05) is 33.3 Å². The lowest BCUT2D eigenvalue weighted by molar-refractivity contribution is 0.301. The van der Waals surface area contributed by atoms with Crippen LogP contribution >= 0.6 is 10.3 Å². The summed E-state index contributed by atoms with van der Waals surface area (Å²) in [4.78, 5) is 15.1. The lowest BCUT2D eigenvalue weighted by Crippen LogP contribution is -2.15. The van der Waals surface area contributed by atoms with E-state index in [0.717, 1.165) is 22.6 Å². The maximum atomic E-state index is 14.6. The third-order valence-electron chi connectivity index (χ3n) is 8.60. The van der Waals surface area contributed by atoms with Crippen molar-refractivity contribution >= 4 is 20.4 Å². The molecule has 7 rings (SSSR count). The van der Waals surface area contributed by atoms with Gasteiger partial charge in [-0.25, -0.2) is 3.63 Å². The van der Waals surface area contributed by atoms with E-state index in [1.807, 2.05) is 140 Å². The molecule has 0 atom stereocenters. The van der Waals surface area contributed by atoms with Gasteiger partial charge in [-0.2, -0.15) is 8.42 Å². The largest absolute Gasteiger partial charge is 0.487 e. The first-order valence-electron chi connectivity index (χ1n) is 17.5. The van der Waals surface area contributed by atoms with Gasteiger partial charge in [-0.1, -0.05) is 35.9 Å². The van der Waals surface area contributed by atoms with Gasteiger partial charge in [0.2, 0.25) is 0 Å². The number of hydrogen-bond donors (Lipinski definition) is 0. The van der Waals surface area contributed by atoms with Crippen molar-refractivity contribution < 1.29 is 26.3 Å². The highest BCUT2D eigenvalue weighted by Gasteiger charge is 2.39. The molecule has 3 aromatic heterocycles. The molecule has 0 amide bonds. The third-order valence-corrected chi connectivity index (χ3v) is 13.9. The van der Waals surface area contributed by atoms with Gasteiger partial charge in [-0.05, 0) is 145 Å². The SMILES string of the molecule is Cc1ccc(S(=O)(=O)OS(c2ccc(OCc3ccccn3)cc2)(c2ccc(OCc3ccccn3)cc2)c2ccc(OCc3ccccn3)cc2)c(C)c1. The number of nitrogens with zero attached hydrogens (tertiary/aromatic N) is 3. The fourth-order valence-corrected chi connectivity index (χ4v) is 11.3. The number of ether oxygens (including phenoxy) is 3. The smallest absolute Gasteiger partial charge is 0.307 e. The maximum Gasteiger partial charge on any atom is 0.307 e. The molecule has 0 aliphatic heterocycles. The van der Waals surface area contributed by atoms with Crippen molar-refractivity contribution in [2.45, 2.75) is 53.3 Å². The summed E-state index contributed by atoms with van der Waals surface area (Å²) >= 11 is 0. The van der Waals surface area contributed by atoms with Crippen LogP contribution in [0.2, 0.25) is 0 Å². The van der Waals surface area contributed by atoms with Crippen LogP contribution in [-0.2, 0) is 33.6 Å². The number of aryl methyl sites for hydroxylation is 2. The van der Waals surface area contributed by atoms with Gasteiger partial charge in [0.15, 0.2) is 0 Å². The molecule has 0 aliphatic carbocycles. The van der Waals surface area contributed by atoms with Crippen LogP contribution in [0.5, 0.6) is 17.2 Å². The minimum absolute atomic E-state index is 0.0934. The van der Waals surface area contributed by atoms with Crippen LogP contribution in [0.1, 0.15) is 28.2 Å². The molecular weight excluding hydrogens is 731 g/mol. The summed E-state index contributed by atoms with van der Waals surface area (Å²) in [5, 5.41) is 0. The first kappa shape index (κ1) is 37.3. The van der Waals surface area contributed by atoms with Crippen molar-refractivity contribution in [1.82, 2.24) is 15.0 Å². The molecule has 0 N–H and O–H groups in total. The second-order valence-corrected chi connectivity index (χ2v) is 17.0. The lowest BCUT2D eigenvalue weighted by atomic mass is 10.2. The molecule has 0 spiro atoms. The van der Waals surface area contributed by atoms with Crippen molar-refractivity contribution in [1.29, 1.82) is 0 Å². The molecule has 0 saturated heterocycles. The molecule has 0 fully saturated rings. The Labute approximate surface area is 323 Å². The molecule has 0 radical (unpaired) electrons. The molecule has 0 aliphatic rings. The van der Waals surface area contributed by atoms with Gasteiger partial charge >= 0.3 is 10.1 Å². The van der Waals surface area contributed by atoms with E-state index in [9.17, 15) is 8.42 Å². The molecule has 278 valence electrons. The molecule has 55 heavy (non-hydrogen) atoms. The maximum absolute atomic E-state index is 14.6. The van der Waals surface area contributed by atoms with Gasteiger partial charge in [-0.15, -0.1) is 0 Å². The zero-order chi connectivity index (χ0) is 38.1. The quantitative estimate of drug-likeness (QED) is 0.101. The predicted octanol–water partition coefficient (Wildman–Crippen LogP) is 9.83. The van der Waals surface area contributed by atoms with Crippen molar-refractivity contribution in [2.24, 2.45) is 0 Å². The van der Waals surface area contributed by atoms with E-state index < -0.39 is 20.4 Å². The fraction of sp³-hybridized carbons (Fsp3) is 0.114. The Morgan fingerprint density at radius 1 is 0.473 bits per heavy atom. The minimum atomic E-state index is -4.36. The van der Waals surface area contributed by atoms with Gasteiger partial charge < -0.3 is 14.2 Å². The minimum Gasteiger partial charge on any atom is -0.487 e. The van der Waals surface area contributed by atoms with Crippen LogP contribution in [0.3, 0.4) is 0 Å². The number of aromatic nitrogens is 3. The van der Waals surface area contributed by atoms with Gasteiger partial charge in [0.1, 0.15) is 37.1 Å². The van der Waals surface area contributed by atoms with E-state index in [0.29, 0.717) is 37.5 Å². The Morgan fingerprint density at radius 3 is 1.18 bits per heavy atom. The average molecular weight is 770 g/mol. The zero-order valence-electron chi connectivity index (χ0n) is 30.3. The normalized spacial score (nSPS) is 11.8. The number of rotatable bonds is 15. The summed E-state index contributed by atoms with van der Waals surface area (Å²) in [5.74, 6) is 1.78.